The Morgan fingerprint density at radius 3 is 2.33 bits per heavy atom. The molecule has 2 heterocycles. The Labute approximate surface area is 249 Å². The third-order valence-corrected chi connectivity index (χ3v) is 9.92. The highest BCUT2D eigenvalue weighted by Crippen LogP contribution is 2.64. The summed E-state index contributed by atoms with van der Waals surface area (Å²) in [6, 6.07) is 28.1. The molecule has 2 atom stereocenters. The first-order valence-corrected chi connectivity index (χ1v) is 14.7. The summed E-state index contributed by atoms with van der Waals surface area (Å²) in [7, 11) is 0. The second-order valence-electron chi connectivity index (χ2n) is 11.1. The minimum absolute atomic E-state index is 0.00722. The number of benzene rings is 4. The van der Waals surface area contributed by atoms with Gasteiger partial charge in [-0.25, -0.2) is 9.88 Å². The SMILES string of the molecule is Cc1ccc(N2C(=O)[C@@H]3[C@@H](C2=O)C2c4ccccc4C3(/C=N\Nc3nc4ccccc4s3)c3ccccc32)c([N+](=O)[O-])c1. The summed E-state index contributed by atoms with van der Waals surface area (Å²) in [4.78, 5) is 46.1. The van der Waals surface area contributed by atoms with Gasteiger partial charge < -0.3 is 0 Å². The summed E-state index contributed by atoms with van der Waals surface area (Å²) >= 11 is 1.47. The van der Waals surface area contributed by atoms with E-state index in [1.54, 1.807) is 19.2 Å². The van der Waals surface area contributed by atoms with Crippen molar-refractivity contribution in [3.8, 4) is 0 Å². The lowest BCUT2D eigenvalue weighted by molar-refractivity contribution is -0.384. The van der Waals surface area contributed by atoms with Crippen molar-refractivity contribution in [3.63, 3.8) is 0 Å². The van der Waals surface area contributed by atoms with Crippen LogP contribution >= 0.6 is 11.3 Å². The van der Waals surface area contributed by atoms with Gasteiger partial charge in [-0.1, -0.05) is 78.1 Å². The van der Waals surface area contributed by atoms with Crippen molar-refractivity contribution in [2.24, 2.45) is 16.9 Å². The normalized spacial score (nSPS) is 23.5. The fraction of sp³-hybridized carbons (Fsp3) is 0.152. The maximum absolute atomic E-state index is 14.6. The number of aromatic nitrogens is 1. The molecule has 0 saturated carbocycles. The van der Waals surface area contributed by atoms with E-state index < -0.39 is 34.0 Å². The predicted molar refractivity (Wildman–Crippen MR) is 165 cm³/mol. The van der Waals surface area contributed by atoms with Crippen LogP contribution in [0.25, 0.3) is 10.2 Å². The highest BCUT2D eigenvalue weighted by molar-refractivity contribution is 7.22. The molecule has 4 aliphatic rings. The fourth-order valence-electron chi connectivity index (χ4n) is 7.37. The molecule has 9 rings (SSSR count). The summed E-state index contributed by atoms with van der Waals surface area (Å²) in [6.07, 6.45) is 1.74. The smallest absolute Gasteiger partial charge is 0.274 e. The molecule has 3 aliphatic carbocycles. The molecule has 1 N–H and O–H groups in total. The number of imide groups is 1. The first-order valence-electron chi connectivity index (χ1n) is 13.9. The standard InChI is InChI=1S/C33H23N5O4S/c1-18-14-15-24(25(16-18)38(41)42)37-30(39)28-27-19-8-2-4-10-21(19)33(29(28)31(37)40,22-11-5-3-9-20(22)27)17-34-36-32-35-23-12-6-7-13-26(23)43-32/h2-17,27-29H,1H3,(H,35,36)/b34-17-/t27?,28-,29-,33?/m0/s1. The molecule has 5 aromatic rings. The number of nitrogens with zero attached hydrogens (tertiary/aromatic N) is 4. The molecule has 2 bridgehead atoms. The minimum Gasteiger partial charge on any atom is -0.274 e. The van der Waals surface area contributed by atoms with Crippen LogP contribution in [0, 0.1) is 28.9 Å². The first-order chi connectivity index (χ1) is 20.9. The molecule has 9 nitrogen and oxygen atoms in total. The monoisotopic (exact) mass is 585 g/mol. The van der Waals surface area contributed by atoms with E-state index in [2.05, 4.69) is 15.5 Å². The van der Waals surface area contributed by atoms with Gasteiger partial charge in [0.25, 0.3) is 5.69 Å². The Kier molecular flexibility index (Phi) is 5.42. The Balaban J connectivity index is 1.32. The maximum atomic E-state index is 14.6. The van der Waals surface area contributed by atoms with Crippen molar-refractivity contribution in [1.82, 2.24) is 4.98 Å². The maximum Gasteiger partial charge on any atom is 0.293 e. The first kappa shape index (κ1) is 25.5. The van der Waals surface area contributed by atoms with Crippen LogP contribution in [0.5, 0.6) is 0 Å². The molecule has 1 aliphatic heterocycles. The molecule has 0 unspecified atom stereocenters. The number of nitrogens with one attached hydrogen (secondary N) is 1. The van der Waals surface area contributed by atoms with Crippen LogP contribution in [0.4, 0.5) is 16.5 Å². The summed E-state index contributed by atoms with van der Waals surface area (Å²) < 4.78 is 1.01. The van der Waals surface area contributed by atoms with E-state index in [0.29, 0.717) is 10.7 Å². The topological polar surface area (TPSA) is 118 Å². The summed E-state index contributed by atoms with van der Waals surface area (Å²) in [5.41, 5.74) is 6.91. The van der Waals surface area contributed by atoms with E-state index in [4.69, 9.17) is 0 Å². The van der Waals surface area contributed by atoms with Crippen molar-refractivity contribution in [1.29, 1.82) is 0 Å². The number of hydrogen-bond donors (Lipinski definition) is 1. The van der Waals surface area contributed by atoms with Gasteiger partial charge in [-0.2, -0.15) is 5.10 Å². The molecule has 0 spiro atoms. The van der Waals surface area contributed by atoms with Gasteiger partial charge in [-0.3, -0.25) is 25.1 Å². The van der Waals surface area contributed by atoms with Crippen LogP contribution in [0.2, 0.25) is 0 Å². The number of hydrogen-bond acceptors (Lipinski definition) is 8. The molecule has 1 aromatic heterocycles. The number of nitro benzene ring substituents is 1. The van der Waals surface area contributed by atoms with Crippen molar-refractivity contribution in [3.05, 3.63) is 129 Å². The Morgan fingerprint density at radius 1 is 0.953 bits per heavy atom. The zero-order valence-corrected chi connectivity index (χ0v) is 23.6. The lowest BCUT2D eigenvalue weighted by Crippen LogP contribution is -2.54. The van der Waals surface area contributed by atoms with E-state index in [1.807, 2.05) is 72.8 Å². The predicted octanol–water partition coefficient (Wildman–Crippen LogP) is 6.16. The minimum atomic E-state index is -1.10. The quantitative estimate of drug-likeness (QED) is 0.114. The molecular formula is C33H23N5O4S. The number of amides is 2. The Hall–Kier alpha value is -5.22. The fourth-order valence-corrected chi connectivity index (χ4v) is 8.18. The Bertz CT molecular complexity index is 1970. The van der Waals surface area contributed by atoms with Gasteiger partial charge in [0.2, 0.25) is 16.9 Å². The number of hydrazone groups is 1. The highest BCUT2D eigenvalue weighted by Gasteiger charge is 2.68. The lowest BCUT2D eigenvalue weighted by atomic mass is 9.47. The van der Waals surface area contributed by atoms with Gasteiger partial charge in [-0.15, -0.1) is 0 Å². The molecule has 1 saturated heterocycles. The second-order valence-corrected chi connectivity index (χ2v) is 12.2. The summed E-state index contributed by atoms with van der Waals surface area (Å²) in [5.74, 6) is -2.89. The molecule has 1 fully saturated rings. The van der Waals surface area contributed by atoms with Crippen molar-refractivity contribution >= 4 is 56.1 Å². The molecule has 210 valence electrons. The number of rotatable bonds is 5. The summed E-state index contributed by atoms with van der Waals surface area (Å²) in [6.45, 7) is 1.74. The summed E-state index contributed by atoms with van der Waals surface area (Å²) in [5, 5.41) is 17.4. The van der Waals surface area contributed by atoms with Crippen LogP contribution in [0.3, 0.4) is 0 Å². The third-order valence-electron chi connectivity index (χ3n) is 8.97. The second kappa shape index (κ2) is 9.14. The van der Waals surface area contributed by atoms with Gasteiger partial charge in [0, 0.05) is 18.2 Å². The van der Waals surface area contributed by atoms with Crippen LogP contribution < -0.4 is 10.3 Å². The zero-order valence-electron chi connectivity index (χ0n) is 22.8. The van der Waals surface area contributed by atoms with E-state index >= 15 is 0 Å². The molecule has 0 radical (unpaired) electrons. The van der Waals surface area contributed by atoms with Gasteiger partial charge >= 0.3 is 0 Å². The molecule has 43 heavy (non-hydrogen) atoms. The van der Waals surface area contributed by atoms with Crippen LogP contribution in [0.15, 0.2) is 96.1 Å². The third kappa shape index (κ3) is 3.44. The van der Waals surface area contributed by atoms with Crippen LogP contribution in [-0.2, 0) is 15.0 Å². The van der Waals surface area contributed by atoms with Crippen molar-refractivity contribution in [2.75, 3.05) is 10.3 Å². The van der Waals surface area contributed by atoms with E-state index in [9.17, 15) is 19.7 Å². The highest BCUT2D eigenvalue weighted by atomic mass is 32.1. The number of anilines is 2. The van der Waals surface area contributed by atoms with Crippen molar-refractivity contribution < 1.29 is 14.5 Å². The van der Waals surface area contributed by atoms with Crippen LogP contribution in [0.1, 0.15) is 33.7 Å². The Morgan fingerprint density at radius 2 is 1.63 bits per heavy atom. The number of carbonyl (C=O) groups is 2. The van der Waals surface area contributed by atoms with E-state index in [1.165, 1.54) is 23.5 Å². The zero-order chi connectivity index (χ0) is 29.5. The molecule has 4 aromatic carbocycles. The van der Waals surface area contributed by atoms with Gasteiger partial charge in [0.1, 0.15) is 5.69 Å². The number of nitro groups is 1. The average molecular weight is 586 g/mol. The van der Waals surface area contributed by atoms with E-state index in [0.717, 1.165) is 37.4 Å². The number of fused-ring (bicyclic) bond motifs is 1. The number of thiazole rings is 1. The van der Waals surface area contributed by atoms with E-state index in [-0.39, 0.29) is 17.3 Å². The lowest BCUT2D eigenvalue weighted by Gasteiger charge is -2.52. The number of carbonyl (C=O) groups excluding carboxylic acids is 2. The van der Waals surface area contributed by atoms with Gasteiger partial charge in [0.15, 0.2) is 0 Å². The van der Waals surface area contributed by atoms with Gasteiger partial charge in [-0.05, 0) is 52.9 Å². The molecule has 10 heteroatoms. The van der Waals surface area contributed by atoms with Gasteiger partial charge in [0.05, 0.1) is 32.4 Å². The number of para-hydroxylation sites is 1. The molecule has 2 amide bonds. The largest absolute Gasteiger partial charge is 0.293 e. The molecular weight excluding hydrogens is 562 g/mol. The van der Waals surface area contributed by atoms with Crippen LogP contribution in [-0.4, -0.2) is 27.9 Å². The van der Waals surface area contributed by atoms with Crippen molar-refractivity contribution in [2.45, 2.75) is 18.3 Å². The average Bonchev–Trinajstić information content (AvgIpc) is 3.55. The number of aryl methyl sites for hydroxylation is 1.